The molecule has 0 unspecified atom stereocenters. The second-order valence-corrected chi connectivity index (χ2v) is 6.20. The summed E-state index contributed by atoms with van der Waals surface area (Å²) in [7, 11) is 0. The molecule has 0 spiro atoms. The van der Waals surface area contributed by atoms with E-state index in [9.17, 15) is 0 Å². The molecule has 0 saturated heterocycles. The standard InChI is InChI=1S/C20H20N4O2/c1-13-3-5-15(6-4-13)23-20-21-12-14(2)19(24-20)22-16-7-8-17-18(11-16)26-10-9-25-17/h3-8,11-12H,9-10H2,1-2H3,(H2,21,22,23,24). The monoisotopic (exact) mass is 348 g/mol. The minimum absolute atomic E-state index is 0.541. The second kappa shape index (κ2) is 6.92. The van der Waals surface area contributed by atoms with Crippen molar-refractivity contribution in [3.05, 3.63) is 59.8 Å². The number of aryl methyl sites for hydroxylation is 2. The molecule has 2 N–H and O–H groups in total. The molecule has 0 radical (unpaired) electrons. The highest BCUT2D eigenvalue weighted by Crippen LogP contribution is 2.33. The van der Waals surface area contributed by atoms with Crippen LogP contribution in [0.15, 0.2) is 48.7 Å². The van der Waals surface area contributed by atoms with Crippen LogP contribution in [-0.4, -0.2) is 23.2 Å². The van der Waals surface area contributed by atoms with Crippen LogP contribution in [0.1, 0.15) is 11.1 Å². The van der Waals surface area contributed by atoms with Crippen LogP contribution in [0, 0.1) is 13.8 Å². The van der Waals surface area contributed by atoms with Gasteiger partial charge in [-0.15, -0.1) is 0 Å². The lowest BCUT2D eigenvalue weighted by Gasteiger charge is -2.19. The number of ether oxygens (including phenoxy) is 2. The number of fused-ring (bicyclic) bond motifs is 1. The summed E-state index contributed by atoms with van der Waals surface area (Å²) in [5.41, 5.74) is 4.00. The number of nitrogens with one attached hydrogen (secondary N) is 2. The van der Waals surface area contributed by atoms with Crippen molar-refractivity contribution < 1.29 is 9.47 Å². The van der Waals surface area contributed by atoms with Crippen LogP contribution < -0.4 is 20.1 Å². The summed E-state index contributed by atoms with van der Waals surface area (Å²) in [6.07, 6.45) is 1.80. The molecule has 2 heterocycles. The van der Waals surface area contributed by atoms with Crippen molar-refractivity contribution in [1.29, 1.82) is 0 Å². The Bertz CT molecular complexity index is 926. The Kier molecular flexibility index (Phi) is 4.31. The summed E-state index contributed by atoms with van der Waals surface area (Å²) in [4.78, 5) is 8.95. The first kappa shape index (κ1) is 16.2. The van der Waals surface area contributed by atoms with Crippen LogP contribution in [0.4, 0.5) is 23.1 Å². The first-order valence-electron chi connectivity index (χ1n) is 8.51. The van der Waals surface area contributed by atoms with E-state index in [1.807, 2.05) is 49.4 Å². The molecule has 1 aliphatic heterocycles. The Morgan fingerprint density at radius 1 is 0.846 bits per heavy atom. The lowest BCUT2D eigenvalue weighted by molar-refractivity contribution is 0.171. The molecule has 1 aliphatic rings. The molecule has 4 rings (SSSR count). The van der Waals surface area contributed by atoms with Crippen molar-refractivity contribution >= 4 is 23.1 Å². The topological polar surface area (TPSA) is 68.3 Å². The Labute approximate surface area is 152 Å². The lowest BCUT2D eigenvalue weighted by atomic mass is 10.2. The first-order chi connectivity index (χ1) is 12.7. The van der Waals surface area contributed by atoms with Crippen molar-refractivity contribution in [2.24, 2.45) is 0 Å². The number of anilines is 4. The van der Waals surface area contributed by atoms with Crippen LogP contribution >= 0.6 is 0 Å². The minimum Gasteiger partial charge on any atom is -0.486 e. The van der Waals surface area contributed by atoms with Gasteiger partial charge in [-0.1, -0.05) is 17.7 Å². The Morgan fingerprint density at radius 3 is 2.38 bits per heavy atom. The number of nitrogens with zero attached hydrogens (tertiary/aromatic N) is 2. The first-order valence-corrected chi connectivity index (χ1v) is 8.51. The molecule has 26 heavy (non-hydrogen) atoms. The number of benzene rings is 2. The fourth-order valence-corrected chi connectivity index (χ4v) is 2.65. The van der Waals surface area contributed by atoms with Crippen molar-refractivity contribution in [3.8, 4) is 11.5 Å². The van der Waals surface area contributed by atoms with E-state index in [0.717, 1.165) is 34.3 Å². The van der Waals surface area contributed by atoms with E-state index in [0.29, 0.717) is 19.2 Å². The molecule has 0 amide bonds. The van der Waals surface area contributed by atoms with Gasteiger partial charge >= 0.3 is 0 Å². The van der Waals surface area contributed by atoms with E-state index in [-0.39, 0.29) is 0 Å². The molecule has 132 valence electrons. The predicted octanol–water partition coefficient (Wildman–Crippen LogP) is 4.35. The van der Waals surface area contributed by atoms with E-state index in [1.165, 1.54) is 5.56 Å². The van der Waals surface area contributed by atoms with Gasteiger partial charge in [0.1, 0.15) is 19.0 Å². The van der Waals surface area contributed by atoms with Crippen LogP contribution in [0.2, 0.25) is 0 Å². The van der Waals surface area contributed by atoms with Crippen molar-refractivity contribution in [1.82, 2.24) is 9.97 Å². The van der Waals surface area contributed by atoms with Crippen LogP contribution in [0.3, 0.4) is 0 Å². The third-order valence-corrected chi connectivity index (χ3v) is 4.08. The van der Waals surface area contributed by atoms with Gasteiger partial charge in [-0.05, 0) is 38.1 Å². The zero-order valence-corrected chi connectivity index (χ0v) is 14.7. The molecule has 1 aromatic heterocycles. The highest BCUT2D eigenvalue weighted by Gasteiger charge is 2.12. The maximum absolute atomic E-state index is 5.63. The zero-order chi connectivity index (χ0) is 17.9. The molecule has 0 atom stereocenters. The third-order valence-electron chi connectivity index (χ3n) is 4.08. The quantitative estimate of drug-likeness (QED) is 0.730. The van der Waals surface area contributed by atoms with Gasteiger partial charge in [-0.25, -0.2) is 4.98 Å². The maximum Gasteiger partial charge on any atom is 0.229 e. The molecule has 0 saturated carbocycles. The van der Waals surface area contributed by atoms with E-state index in [2.05, 4.69) is 27.5 Å². The third kappa shape index (κ3) is 3.54. The second-order valence-electron chi connectivity index (χ2n) is 6.20. The lowest BCUT2D eigenvalue weighted by Crippen LogP contribution is -2.15. The van der Waals surface area contributed by atoms with Crippen LogP contribution in [0.25, 0.3) is 0 Å². The average molecular weight is 348 g/mol. The molecule has 6 heteroatoms. The molecule has 0 bridgehead atoms. The summed E-state index contributed by atoms with van der Waals surface area (Å²) in [6, 6.07) is 13.9. The Hall–Kier alpha value is -3.28. The van der Waals surface area contributed by atoms with Gasteiger partial charge in [-0.2, -0.15) is 4.98 Å². The fraction of sp³-hybridized carbons (Fsp3) is 0.200. The summed E-state index contributed by atoms with van der Waals surface area (Å²) in [6.45, 7) is 5.17. The van der Waals surface area contributed by atoms with Gasteiger partial charge in [0.15, 0.2) is 11.5 Å². The molecule has 0 fully saturated rings. The van der Waals surface area contributed by atoms with E-state index >= 15 is 0 Å². The molecular formula is C20H20N4O2. The molecule has 0 aliphatic carbocycles. The minimum atomic E-state index is 0.541. The van der Waals surface area contributed by atoms with E-state index in [4.69, 9.17) is 9.47 Å². The number of rotatable bonds is 4. The largest absolute Gasteiger partial charge is 0.486 e. The molecule has 2 aromatic carbocycles. The van der Waals surface area contributed by atoms with Crippen molar-refractivity contribution in [2.75, 3.05) is 23.8 Å². The molecule has 3 aromatic rings. The zero-order valence-electron chi connectivity index (χ0n) is 14.7. The van der Waals surface area contributed by atoms with Gasteiger partial charge in [-0.3, -0.25) is 0 Å². The smallest absolute Gasteiger partial charge is 0.229 e. The fourth-order valence-electron chi connectivity index (χ4n) is 2.65. The summed E-state index contributed by atoms with van der Waals surface area (Å²) in [5, 5.41) is 6.56. The summed E-state index contributed by atoms with van der Waals surface area (Å²) < 4.78 is 11.2. The van der Waals surface area contributed by atoms with Gasteiger partial charge in [0.05, 0.1) is 0 Å². The maximum atomic E-state index is 5.63. The van der Waals surface area contributed by atoms with Gasteiger partial charge < -0.3 is 20.1 Å². The number of hydrogen-bond donors (Lipinski definition) is 2. The average Bonchev–Trinajstić information content (AvgIpc) is 2.66. The normalized spacial score (nSPS) is 12.5. The Balaban J connectivity index is 1.55. The SMILES string of the molecule is Cc1ccc(Nc2ncc(C)c(Nc3ccc4c(c3)OCCO4)n2)cc1. The Morgan fingerprint density at radius 2 is 1.58 bits per heavy atom. The van der Waals surface area contributed by atoms with E-state index in [1.54, 1.807) is 6.20 Å². The summed E-state index contributed by atoms with van der Waals surface area (Å²) in [5.74, 6) is 2.79. The predicted molar refractivity (Wildman–Crippen MR) is 102 cm³/mol. The number of aromatic nitrogens is 2. The molecular weight excluding hydrogens is 328 g/mol. The van der Waals surface area contributed by atoms with Crippen molar-refractivity contribution in [2.45, 2.75) is 13.8 Å². The van der Waals surface area contributed by atoms with Crippen LogP contribution in [0.5, 0.6) is 11.5 Å². The number of hydrogen-bond acceptors (Lipinski definition) is 6. The van der Waals surface area contributed by atoms with Gasteiger partial charge in [0.25, 0.3) is 0 Å². The van der Waals surface area contributed by atoms with Gasteiger partial charge in [0, 0.05) is 29.2 Å². The van der Waals surface area contributed by atoms with E-state index < -0.39 is 0 Å². The van der Waals surface area contributed by atoms with Crippen molar-refractivity contribution in [3.63, 3.8) is 0 Å². The summed E-state index contributed by atoms with van der Waals surface area (Å²) >= 11 is 0. The molecule has 6 nitrogen and oxygen atoms in total. The highest BCUT2D eigenvalue weighted by molar-refractivity contribution is 5.65. The van der Waals surface area contributed by atoms with Gasteiger partial charge in [0.2, 0.25) is 5.95 Å². The van der Waals surface area contributed by atoms with Crippen LogP contribution in [-0.2, 0) is 0 Å². The highest BCUT2D eigenvalue weighted by atomic mass is 16.6.